The molecule has 0 spiro atoms. The summed E-state index contributed by atoms with van der Waals surface area (Å²) in [6.07, 6.45) is 0. The van der Waals surface area contributed by atoms with Gasteiger partial charge in [0.05, 0.1) is 22.7 Å². The van der Waals surface area contributed by atoms with Gasteiger partial charge in [0.15, 0.2) is 11.1 Å². The number of rotatable bonds is 5. The second kappa shape index (κ2) is 9.00. The summed E-state index contributed by atoms with van der Waals surface area (Å²) in [7, 11) is 0. The Morgan fingerprint density at radius 3 is 2.10 bits per heavy atom. The molecule has 1 heterocycles. The number of hydrogen-bond acceptors (Lipinski definition) is 3. The van der Waals surface area contributed by atoms with Gasteiger partial charge in [0.2, 0.25) is 0 Å². The Morgan fingerprint density at radius 2 is 1.48 bits per heavy atom. The molecule has 1 N–H and O–H groups in total. The van der Waals surface area contributed by atoms with Gasteiger partial charge in [-0.2, -0.15) is 5.26 Å². The fourth-order valence-electron chi connectivity index (χ4n) is 3.39. The molecule has 4 aromatic rings. The largest absolute Gasteiger partial charge is 0.306 e. The summed E-state index contributed by atoms with van der Waals surface area (Å²) in [5.74, 6) is -0.302. The highest BCUT2D eigenvalue weighted by Gasteiger charge is 2.16. The van der Waals surface area contributed by atoms with Crippen molar-refractivity contribution in [2.75, 3.05) is 0 Å². The minimum Gasteiger partial charge on any atom is -0.306 e. The fourth-order valence-corrected chi connectivity index (χ4v) is 3.86. The number of nitriles is 1. The summed E-state index contributed by atoms with van der Waals surface area (Å²) >= 11 is -1.92. The molecular formula is C25H17FN2O2S. The molecule has 4 rings (SSSR count). The molecule has 31 heavy (non-hydrogen) atoms. The second-order valence-electron chi connectivity index (χ2n) is 6.93. The van der Waals surface area contributed by atoms with Crippen LogP contribution in [0.25, 0.3) is 33.6 Å². The van der Waals surface area contributed by atoms with Gasteiger partial charge >= 0.3 is 0 Å². The molecule has 0 fully saturated rings. The van der Waals surface area contributed by atoms with Gasteiger partial charge in [0, 0.05) is 16.7 Å². The second-order valence-corrected chi connectivity index (χ2v) is 7.86. The molecule has 0 bridgehead atoms. The van der Waals surface area contributed by atoms with E-state index in [-0.39, 0.29) is 11.6 Å². The van der Waals surface area contributed by atoms with E-state index in [1.165, 1.54) is 12.1 Å². The topological polar surface area (TPSA) is 74.0 Å². The summed E-state index contributed by atoms with van der Waals surface area (Å²) in [6, 6.07) is 26.7. The molecule has 1 atom stereocenters. The summed E-state index contributed by atoms with van der Waals surface area (Å²) in [5, 5.41) is 9.79. The Hall–Kier alpha value is -3.66. The SMILES string of the molecule is N#Cc1cc(-c2ccc(CS(=O)O)cc2)c(-c2ccc(F)cc2)nc1-c1ccccc1. The molecule has 0 saturated carbocycles. The third kappa shape index (κ3) is 4.58. The van der Waals surface area contributed by atoms with Gasteiger partial charge in [0.1, 0.15) is 11.9 Å². The van der Waals surface area contributed by atoms with Gasteiger partial charge in [-0.15, -0.1) is 0 Å². The van der Waals surface area contributed by atoms with E-state index < -0.39 is 11.1 Å². The minimum absolute atomic E-state index is 0.0414. The quantitative estimate of drug-likeness (QED) is 0.407. The van der Waals surface area contributed by atoms with E-state index in [0.29, 0.717) is 17.0 Å². The van der Waals surface area contributed by atoms with Gasteiger partial charge in [0.25, 0.3) is 0 Å². The standard InChI is InChI=1S/C25H17FN2O2S/c26-22-12-10-20(11-13-22)25-23(18-8-6-17(7-9-18)16-31(29)30)14-21(15-27)24(28-25)19-4-2-1-3-5-19/h1-14H,16H2,(H,29,30). The van der Waals surface area contributed by atoms with E-state index in [9.17, 15) is 13.9 Å². The van der Waals surface area contributed by atoms with Crippen LogP contribution in [0.1, 0.15) is 11.1 Å². The molecule has 0 radical (unpaired) electrons. The zero-order valence-electron chi connectivity index (χ0n) is 16.3. The van der Waals surface area contributed by atoms with Crippen LogP contribution in [0.2, 0.25) is 0 Å². The third-order valence-electron chi connectivity index (χ3n) is 4.86. The van der Waals surface area contributed by atoms with Crippen LogP contribution in [0, 0.1) is 17.1 Å². The highest BCUT2D eigenvalue weighted by Crippen LogP contribution is 2.35. The number of pyridine rings is 1. The van der Waals surface area contributed by atoms with E-state index in [2.05, 4.69) is 6.07 Å². The van der Waals surface area contributed by atoms with Crippen LogP contribution in [0.15, 0.2) is 84.9 Å². The minimum atomic E-state index is -1.92. The van der Waals surface area contributed by atoms with Crippen LogP contribution >= 0.6 is 0 Å². The van der Waals surface area contributed by atoms with Gasteiger partial charge < -0.3 is 4.55 Å². The van der Waals surface area contributed by atoms with Crippen LogP contribution in [-0.2, 0) is 16.8 Å². The van der Waals surface area contributed by atoms with Crippen molar-refractivity contribution in [3.63, 3.8) is 0 Å². The number of aromatic nitrogens is 1. The van der Waals surface area contributed by atoms with Crippen molar-refractivity contribution in [2.45, 2.75) is 5.75 Å². The molecule has 3 aromatic carbocycles. The summed E-state index contributed by atoms with van der Waals surface area (Å²) in [5.41, 5.74) is 5.38. The highest BCUT2D eigenvalue weighted by atomic mass is 32.2. The van der Waals surface area contributed by atoms with Crippen LogP contribution in [-0.4, -0.2) is 13.7 Å². The maximum absolute atomic E-state index is 13.5. The lowest BCUT2D eigenvalue weighted by Gasteiger charge is -2.14. The van der Waals surface area contributed by atoms with Crippen LogP contribution in [0.5, 0.6) is 0 Å². The maximum Gasteiger partial charge on any atom is 0.157 e. The van der Waals surface area contributed by atoms with Crippen molar-refractivity contribution < 1.29 is 13.2 Å². The zero-order chi connectivity index (χ0) is 21.8. The van der Waals surface area contributed by atoms with Gasteiger partial charge in [-0.1, -0.05) is 54.6 Å². The number of halogens is 1. The Kier molecular flexibility index (Phi) is 5.99. The molecule has 0 aliphatic carbocycles. The first kappa shape index (κ1) is 20.6. The number of hydrogen-bond donors (Lipinski definition) is 1. The first-order valence-corrected chi connectivity index (χ1v) is 10.8. The average molecular weight is 428 g/mol. The molecule has 1 unspecified atom stereocenters. The summed E-state index contributed by atoms with van der Waals surface area (Å²) in [6.45, 7) is 0. The molecule has 0 amide bonds. The average Bonchev–Trinajstić information content (AvgIpc) is 2.79. The van der Waals surface area contributed by atoms with E-state index >= 15 is 0 Å². The lowest BCUT2D eigenvalue weighted by molar-refractivity contribution is 0.563. The Balaban J connectivity index is 1.92. The lowest BCUT2D eigenvalue weighted by Crippen LogP contribution is -1.97. The molecule has 4 nitrogen and oxygen atoms in total. The molecule has 1 aromatic heterocycles. The first-order valence-electron chi connectivity index (χ1n) is 9.48. The first-order chi connectivity index (χ1) is 15.0. The predicted molar refractivity (Wildman–Crippen MR) is 120 cm³/mol. The Bertz CT molecular complexity index is 1280. The van der Waals surface area contributed by atoms with Crippen molar-refractivity contribution in [3.8, 4) is 39.7 Å². The normalized spacial score (nSPS) is 11.6. The number of nitrogens with zero attached hydrogens (tertiary/aromatic N) is 2. The molecule has 0 aliphatic rings. The predicted octanol–water partition coefficient (Wildman–Crippen LogP) is 5.82. The van der Waals surface area contributed by atoms with Crippen molar-refractivity contribution in [2.24, 2.45) is 0 Å². The Labute approximate surface area is 181 Å². The Morgan fingerprint density at radius 1 is 0.871 bits per heavy atom. The lowest BCUT2D eigenvalue weighted by atomic mass is 9.94. The van der Waals surface area contributed by atoms with Crippen LogP contribution in [0.4, 0.5) is 4.39 Å². The van der Waals surface area contributed by atoms with Crippen molar-refractivity contribution >= 4 is 11.1 Å². The zero-order valence-corrected chi connectivity index (χ0v) is 17.1. The van der Waals surface area contributed by atoms with Crippen LogP contribution in [0.3, 0.4) is 0 Å². The van der Waals surface area contributed by atoms with Crippen molar-refractivity contribution in [1.82, 2.24) is 4.98 Å². The smallest absolute Gasteiger partial charge is 0.157 e. The van der Waals surface area contributed by atoms with E-state index in [1.54, 1.807) is 30.3 Å². The molecule has 152 valence electrons. The van der Waals surface area contributed by atoms with E-state index in [1.807, 2.05) is 42.5 Å². The summed E-state index contributed by atoms with van der Waals surface area (Å²) in [4.78, 5) is 4.83. The molecule has 0 aliphatic heterocycles. The van der Waals surface area contributed by atoms with Gasteiger partial charge in [-0.05, 0) is 41.5 Å². The van der Waals surface area contributed by atoms with Crippen LogP contribution < -0.4 is 0 Å². The van der Waals surface area contributed by atoms with Gasteiger partial charge in [-0.3, -0.25) is 0 Å². The number of benzene rings is 3. The van der Waals surface area contributed by atoms with E-state index in [0.717, 1.165) is 27.8 Å². The van der Waals surface area contributed by atoms with Gasteiger partial charge in [-0.25, -0.2) is 13.6 Å². The molecular weight excluding hydrogens is 411 g/mol. The maximum atomic E-state index is 13.5. The monoisotopic (exact) mass is 428 g/mol. The highest BCUT2D eigenvalue weighted by molar-refractivity contribution is 7.78. The third-order valence-corrected chi connectivity index (χ3v) is 5.44. The van der Waals surface area contributed by atoms with E-state index in [4.69, 9.17) is 9.54 Å². The molecule has 0 saturated heterocycles. The fraction of sp³-hybridized carbons (Fsp3) is 0.0400. The molecule has 6 heteroatoms. The van der Waals surface area contributed by atoms with Crippen molar-refractivity contribution in [1.29, 1.82) is 5.26 Å². The van der Waals surface area contributed by atoms with Crippen molar-refractivity contribution in [3.05, 3.63) is 102 Å². The summed E-state index contributed by atoms with van der Waals surface area (Å²) < 4.78 is 33.7.